The van der Waals surface area contributed by atoms with Gasteiger partial charge in [0, 0.05) is 6.61 Å². The molecule has 1 saturated carbocycles. The van der Waals surface area contributed by atoms with Crippen LogP contribution in [0.1, 0.15) is 12.8 Å². The summed E-state index contributed by atoms with van der Waals surface area (Å²) in [5.41, 5.74) is 0.0972. The fourth-order valence-corrected chi connectivity index (χ4v) is 0.335. The Labute approximate surface area is 63.0 Å². The normalized spacial score (nSPS) is 20.2. The zero-order chi connectivity index (χ0) is 4.62. The molecular weight excluding hydrogens is 155 g/mol. The molecule has 1 fully saturated rings. The summed E-state index contributed by atoms with van der Waals surface area (Å²) in [7, 11) is 0. The zero-order valence-corrected chi connectivity index (χ0v) is 8.03. The van der Waals surface area contributed by atoms with Crippen LogP contribution in [0.5, 0.6) is 0 Å². The fraction of sp³-hybridized carbons (Fsp3) is 0.800. The fourth-order valence-electron chi connectivity index (χ4n) is 0.335. The van der Waals surface area contributed by atoms with Gasteiger partial charge in [-0.05, 0) is 0 Å². The van der Waals surface area contributed by atoms with Crippen LogP contribution in [0.2, 0.25) is 0 Å². The van der Waals surface area contributed by atoms with Crippen molar-refractivity contribution in [2.24, 2.45) is 5.41 Å². The third kappa shape index (κ3) is 2.75. The third-order valence-electron chi connectivity index (χ3n) is 1.29. The Bertz CT molecular complexity index is 63.4. The van der Waals surface area contributed by atoms with Crippen molar-refractivity contribution >= 4 is 0 Å². The summed E-state index contributed by atoms with van der Waals surface area (Å²) in [6, 6.07) is 0. The molecule has 0 saturated heterocycles. The standard InChI is InChI=1S/C5H9O.H2N.Zn/c1-5(4-6)2-3-5;;/h6H,1-4H2;1H2;/q2*-1;+2. The molecule has 0 aromatic rings. The van der Waals surface area contributed by atoms with E-state index in [0.717, 1.165) is 12.8 Å². The van der Waals surface area contributed by atoms with Crippen LogP contribution < -0.4 is 0 Å². The van der Waals surface area contributed by atoms with E-state index in [1.807, 2.05) is 0 Å². The van der Waals surface area contributed by atoms with Crippen molar-refractivity contribution in [3.63, 3.8) is 0 Å². The molecule has 3 heteroatoms. The molecule has 3 N–H and O–H groups in total. The van der Waals surface area contributed by atoms with Gasteiger partial charge in [0.1, 0.15) is 0 Å². The van der Waals surface area contributed by atoms with E-state index < -0.39 is 0 Å². The largest absolute Gasteiger partial charge is 2.00 e. The van der Waals surface area contributed by atoms with Crippen molar-refractivity contribution in [2.75, 3.05) is 6.61 Å². The van der Waals surface area contributed by atoms with Crippen molar-refractivity contribution in [3.8, 4) is 0 Å². The second-order valence-electron chi connectivity index (χ2n) is 2.16. The van der Waals surface area contributed by atoms with Crippen LogP contribution in [0.15, 0.2) is 0 Å². The Morgan fingerprint density at radius 2 is 1.88 bits per heavy atom. The monoisotopic (exact) mass is 165 g/mol. The topological polar surface area (TPSA) is 53.7 Å². The second kappa shape index (κ2) is 3.55. The molecule has 0 spiro atoms. The minimum atomic E-state index is 0. The minimum Gasteiger partial charge on any atom is -0.693 e. The van der Waals surface area contributed by atoms with Crippen LogP contribution in [0.25, 0.3) is 6.15 Å². The summed E-state index contributed by atoms with van der Waals surface area (Å²) < 4.78 is 0. The molecule has 0 aliphatic heterocycles. The predicted octanol–water partition coefficient (Wildman–Crippen LogP) is 1.31. The van der Waals surface area contributed by atoms with Gasteiger partial charge in [-0.25, -0.2) is 0 Å². The number of hydrogen-bond acceptors (Lipinski definition) is 1. The van der Waals surface area contributed by atoms with Crippen LogP contribution >= 0.6 is 0 Å². The zero-order valence-electron chi connectivity index (χ0n) is 5.06. The molecular formula is C5H11NOZn. The van der Waals surface area contributed by atoms with Crippen LogP contribution in [0, 0.1) is 12.3 Å². The summed E-state index contributed by atoms with van der Waals surface area (Å²) in [5, 5.41) is 8.40. The van der Waals surface area contributed by atoms with E-state index in [9.17, 15) is 0 Å². The Morgan fingerprint density at radius 3 is 1.88 bits per heavy atom. The predicted molar refractivity (Wildman–Crippen MR) is 29.4 cm³/mol. The molecule has 0 atom stereocenters. The molecule has 0 radical (unpaired) electrons. The van der Waals surface area contributed by atoms with Crippen molar-refractivity contribution in [3.05, 3.63) is 13.1 Å². The van der Waals surface area contributed by atoms with Gasteiger partial charge in [-0.3, -0.25) is 0 Å². The van der Waals surface area contributed by atoms with Gasteiger partial charge in [0.25, 0.3) is 0 Å². The average Bonchev–Trinajstić information content (AvgIpc) is 2.22. The maximum atomic E-state index is 8.40. The molecule has 2 nitrogen and oxygen atoms in total. The summed E-state index contributed by atoms with van der Waals surface area (Å²) in [5.74, 6) is 0. The van der Waals surface area contributed by atoms with Gasteiger partial charge in [0.05, 0.1) is 0 Å². The quantitative estimate of drug-likeness (QED) is 0.463. The molecule has 0 amide bonds. The maximum Gasteiger partial charge on any atom is 2.00 e. The smallest absolute Gasteiger partial charge is 0.693 e. The van der Waals surface area contributed by atoms with Gasteiger partial charge in [0.15, 0.2) is 0 Å². The van der Waals surface area contributed by atoms with Gasteiger partial charge >= 0.3 is 19.5 Å². The van der Waals surface area contributed by atoms with Crippen LogP contribution in [-0.4, -0.2) is 11.7 Å². The van der Waals surface area contributed by atoms with Crippen molar-refractivity contribution in [1.82, 2.24) is 0 Å². The van der Waals surface area contributed by atoms with Gasteiger partial charge < -0.3 is 18.2 Å². The molecule has 0 aromatic carbocycles. The molecule has 44 valence electrons. The van der Waals surface area contributed by atoms with Crippen molar-refractivity contribution < 1.29 is 24.6 Å². The first-order valence-corrected chi connectivity index (χ1v) is 2.23. The molecule has 8 heavy (non-hydrogen) atoms. The first kappa shape index (κ1) is 11.4. The minimum absolute atomic E-state index is 0. The van der Waals surface area contributed by atoms with E-state index in [-0.39, 0.29) is 37.7 Å². The Balaban J connectivity index is 0. The Hall–Kier alpha value is 0.543. The number of aliphatic hydroxyl groups excluding tert-OH is 1. The third-order valence-corrected chi connectivity index (χ3v) is 1.29. The molecule has 0 heterocycles. The Morgan fingerprint density at radius 1 is 1.50 bits per heavy atom. The SMILES string of the molecule is [CH2-]C1(CO)CC1.[NH2-].[Zn+2]. The second-order valence-corrected chi connectivity index (χ2v) is 2.16. The number of aliphatic hydroxyl groups is 1. The molecule has 0 aromatic heterocycles. The Kier molecular flexibility index (Phi) is 5.03. The average molecular weight is 167 g/mol. The summed E-state index contributed by atoms with van der Waals surface area (Å²) in [6.07, 6.45) is 2.23. The molecule has 0 unspecified atom stereocenters. The summed E-state index contributed by atoms with van der Waals surface area (Å²) >= 11 is 0. The van der Waals surface area contributed by atoms with Gasteiger partial charge in [-0.2, -0.15) is 0 Å². The first-order valence-electron chi connectivity index (χ1n) is 2.23. The summed E-state index contributed by atoms with van der Waals surface area (Å²) in [4.78, 5) is 0. The van der Waals surface area contributed by atoms with E-state index in [1.54, 1.807) is 0 Å². The first-order chi connectivity index (χ1) is 2.77. The van der Waals surface area contributed by atoms with E-state index in [4.69, 9.17) is 5.11 Å². The molecule has 1 aliphatic rings. The molecule has 0 bridgehead atoms. The van der Waals surface area contributed by atoms with E-state index in [1.165, 1.54) is 0 Å². The number of rotatable bonds is 1. The van der Waals surface area contributed by atoms with Crippen molar-refractivity contribution in [2.45, 2.75) is 12.8 Å². The summed E-state index contributed by atoms with van der Waals surface area (Å²) in [6.45, 7) is 4.02. The van der Waals surface area contributed by atoms with Crippen LogP contribution in [0.4, 0.5) is 0 Å². The maximum absolute atomic E-state index is 8.40. The van der Waals surface area contributed by atoms with E-state index in [0.29, 0.717) is 0 Å². The van der Waals surface area contributed by atoms with Gasteiger partial charge in [-0.15, -0.1) is 5.41 Å². The van der Waals surface area contributed by atoms with Gasteiger partial charge in [0.2, 0.25) is 0 Å². The number of hydrogen-bond donors (Lipinski definition) is 1. The molecule has 1 aliphatic carbocycles. The van der Waals surface area contributed by atoms with Gasteiger partial charge in [-0.1, -0.05) is 12.8 Å². The molecule has 1 rings (SSSR count). The van der Waals surface area contributed by atoms with Crippen LogP contribution in [-0.2, 0) is 19.5 Å². The van der Waals surface area contributed by atoms with E-state index in [2.05, 4.69) is 6.92 Å². The van der Waals surface area contributed by atoms with Crippen LogP contribution in [0.3, 0.4) is 0 Å². The number of nitrogens with two attached hydrogens (primary N) is 1. The van der Waals surface area contributed by atoms with E-state index >= 15 is 0 Å². The van der Waals surface area contributed by atoms with Crippen molar-refractivity contribution in [1.29, 1.82) is 0 Å².